The molecule has 0 radical (unpaired) electrons. The van der Waals surface area contributed by atoms with Crippen molar-refractivity contribution in [2.45, 2.75) is 6.10 Å². The summed E-state index contributed by atoms with van der Waals surface area (Å²) in [5, 5.41) is 12.8. The normalized spacial score (nSPS) is 11.9. The van der Waals surface area contributed by atoms with Gasteiger partial charge in [-0.1, -0.05) is 30.3 Å². The topological polar surface area (TPSA) is 70.0 Å². The average molecular weight is 339 g/mol. The molecule has 3 rings (SSSR count). The number of imidazole rings is 1. The summed E-state index contributed by atoms with van der Waals surface area (Å²) in [6.07, 6.45) is 2.86. The molecule has 24 heavy (non-hydrogen) atoms. The highest BCUT2D eigenvalue weighted by Crippen LogP contribution is 2.12. The minimum Gasteiger partial charge on any atom is -0.387 e. The van der Waals surface area contributed by atoms with Crippen LogP contribution >= 0.6 is 12.2 Å². The van der Waals surface area contributed by atoms with Crippen molar-refractivity contribution in [3.8, 4) is 5.69 Å². The van der Waals surface area contributed by atoms with Crippen LogP contribution in [0.3, 0.4) is 0 Å². The van der Waals surface area contributed by atoms with E-state index in [1.165, 1.54) is 0 Å². The van der Waals surface area contributed by atoms with Gasteiger partial charge in [0.15, 0.2) is 4.77 Å². The summed E-state index contributed by atoms with van der Waals surface area (Å²) in [6.45, 7) is 0.160. The van der Waals surface area contributed by atoms with E-state index in [1.54, 1.807) is 18.3 Å². The van der Waals surface area contributed by atoms with Gasteiger partial charge in [0.1, 0.15) is 0 Å². The van der Waals surface area contributed by atoms with Crippen LogP contribution in [0.25, 0.3) is 5.69 Å². The van der Waals surface area contributed by atoms with Crippen LogP contribution in [0.2, 0.25) is 0 Å². The molecule has 0 fully saturated rings. The quantitative estimate of drug-likeness (QED) is 0.626. The molecule has 2 aromatic carbocycles. The molecular formula is C18H17N3O2S. The Kier molecular flexibility index (Phi) is 4.88. The van der Waals surface area contributed by atoms with E-state index >= 15 is 0 Å². The van der Waals surface area contributed by atoms with Gasteiger partial charge in [0.2, 0.25) is 0 Å². The molecule has 0 aliphatic rings. The maximum absolute atomic E-state index is 12.2. The van der Waals surface area contributed by atoms with Gasteiger partial charge in [-0.3, -0.25) is 9.36 Å². The highest BCUT2D eigenvalue weighted by Gasteiger charge is 2.10. The van der Waals surface area contributed by atoms with Gasteiger partial charge < -0.3 is 15.4 Å². The first-order valence-electron chi connectivity index (χ1n) is 7.53. The number of aromatic nitrogens is 2. The van der Waals surface area contributed by atoms with Gasteiger partial charge in [0.25, 0.3) is 5.91 Å². The Bertz CT molecular complexity index is 869. The van der Waals surface area contributed by atoms with Crippen LogP contribution in [0.5, 0.6) is 0 Å². The first kappa shape index (κ1) is 16.2. The van der Waals surface area contributed by atoms with Crippen molar-refractivity contribution in [2.75, 3.05) is 6.54 Å². The van der Waals surface area contributed by atoms with Crippen LogP contribution in [0, 0.1) is 4.77 Å². The molecule has 1 atom stereocenters. The van der Waals surface area contributed by atoms with Gasteiger partial charge in [-0.15, -0.1) is 0 Å². The zero-order valence-corrected chi connectivity index (χ0v) is 13.7. The van der Waals surface area contributed by atoms with Crippen molar-refractivity contribution < 1.29 is 9.90 Å². The van der Waals surface area contributed by atoms with Crippen molar-refractivity contribution in [3.63, 3.8) is 0 Å². The molecule has 0 saturated carbocycles. The molecule has 0 aliphatic carbocycles. The molecule has 0 bridgehead atoms. The minimum absolute atomic E-state index is 0.160. The first-order valence-corrected chi connectivity index (χ1v) is 7.93. The number of aromatic amines is 1. The summed E-state index contributed by atoms with van der Waals surface area (Å²) in [4.78, 5) is 15.1. The molecule has 0 saturated heterocycles. The van der Waals surface area contributed by atoms with E-state index in [4.69, 9.17) is 12.2 Å². The second-order valence-corrected chi connectivity index (χ2v) is 5.71. The number of nitrogens with one attached hydrogen (secondary N) is 2. The fourth-order valence-corrected chi connectivity index (χ4v) is 2.62. The maximum atomic E-state index is 12.2. The summed E-state index contributed by atoms with van der Waals surface area (Å²) < 4.78 is 2.41. The summed E-state index contributed by atoms with van der Waals surface area (Å²) in [7, 11) is 0. The molecule has 3 N–H and O–H groups in total. The number of hydrogen-bond acceptors (Lipinski definition) is 3. The smallest absolute Gasteiger partial charge is 0.251 e. The van der Waals surface area contributed by atoms with Gasteiger partial charge in [-0.05, 0) is 42.0 Å². The summed E-state index contributed by atoms with van der Waals surface area (Å²) in [5.41, 5.74) is 2.18. The van der Waals surface area contributed by atoms with Crippen LogP contribution in [0.4, 0.5) is 0 Å². The van der Waals surface area contributed by atoms with Crippen LogP contribution in [-0.4, -0.2) is 27.1 Å². The number of hydrogen-bond donors (Lipinski definition) is 3. The molecule has 0 unspecified atom stereocenters. The molecule has 1 aromatic heterocycles. The lowest BCUT2D eigenvalue weighted by atomic mass is 10.1. The molecule has 0 spiro atoms. The van der Waals surface area contributed by atoms with E-state index in [1.807, 2.05) is 53.2 Å². The summed E-state index contributed by atoms with van der Waals surface area (Å²) in [6, 6.07) is 16.3. The van der Waals surface area contributed by atoms with Gasteiger partial charge in [0, 0.05) is 30.2 Å². The first-order chi connectivity index (χ1) is 11.6. The molecule has 0 aliphatic heterocycles. The Balaban J connectivity index is 1.63. The number of H-pyrrole nitrogens is 1. The SMILES string of the molecule is O=C(NC[C@@H](O)c1ccccc1)c1ccc(-n2cc[nH]c2=S)cc1. The Morgan fingerprint density at radius 3 is 2.50 bits per heavy atom. The second-order valence-electron chi connectivity index (χ2n) is 5.32. The van der Waals surface area contributed by atoms with E-state index in [-0.39, 0.29) is 12.5 Å². The lowest BCUT2D eigenvalue weighted by Gasteiger charge is -2.12. The Hall–Kier alpha value is -2.70. The summed E-state index contributed by atoms with van der Waals surface area (Å²) in [5.74, 6) is -0.228. The third-order valence-electron chi connectivity index (χ3n) is 3.70. The summed E-state index contributed by atoms with van der Waals surface area (Å²) >= 11 is 5.17. The lowest BCUT2D eigenvalue weighted by molar-refractivity contribution is 0.0916. The number of benzene rings is 2. The van der Waals surface area contributed by atoms with Crippen molar-refractivity contribution in [1.29, 1.82) is 0 Å². The zero-order valence-electron chi connectivity index (χ0n) is 12.8. The van der Waals surface area contributed by atoms with Crippen molar-refractivity contribution >= 4 is 18.1 Å². The monoisotopic (exact) mass is 339 g/mol. The molecule has 5 nitrogen and oxygen atoms in total. The van der Waals surface area contributed by atoms with Gasteiger partial charge in [-0.2, -0.15) is 0 Å². The van der Waals surface area contributed by atoms with Crippen molar-refractivity contribution in [3.05, 3.63) is 82.9 Å². The molecule has 3 aromatic rings. The van der Waals surface area contributed by atoms with Crippen molar-refractivity contribution in [1.82, 2.24) is 14.9 Å². The standard InChI is InChI=1S/C18H17N3O2S/c22-16(13-4-2-1-3-5-13)12-20-17(23)14-6-8-15(9-7-14)21-11-10-19-18(21)24/h1-11,16,22H,12H2,(H,19,24)(H,20,23)/t16-/m1/s1. The van der Waals surface area contributed by atoms with Crippen molar-refractivity contribution in [2.24, 2.45) is 0 Å². The van der Waals surface area contributed by atoms with Crippen LogP contribution in [0.1, 0.15) is 22.0 Å². The van der Waals surface area contributed by atoms with E-state index in [9.17, 15) is 9.90 Å². The molecular weight excluding hydrogens is 322 g/mol. The predicted octanol–water partition coefficient (Wildman–Crippen LogP) is 3.00. The molecule has 1 amide bonds. The van der Waals surface area contributed by atoms with E-state index in [2.05, 4.69) is 10.3 Å². The Labute approximate surface area is 144 Å². The lowest BCUT2D eigenvalue weighted by Crippen LogP contribution is -2.28. The highest BCUT2D eigenvalue weighted by molar-refractivity contribution is 7.71. The van der Waals surface area contributed by atoms with Crippen LogP contribution in [-0.2, 0) is 0 Å². The average Bonchev–Trinajstić information content (AvgIpc) is 3.06. The molecule has 1 heterocycles. The number of aliphatic hydroxyl groups excluding tert-OH is 1. The zero-order chi connectivity index (χ0) is 16.9. The Morgan fingerprint density at radius 1 is 1.17 bits per heavy atom. The number of carbonyl (C=O) groups is 1. The van der Waals surface area contributed by atoms with Gasteiger partial charge in [-0.25, -0.2) is 0 Å². The number of amides is 1. The van der Waals surface area contributed by atoms with Gasteiger partial charge >= 0.3 is 0 Å². The van der Waals surface area contributed by atoms with E-state index in [0.717, 1.165) is 11.3 Å². The maximum Gasteiger partial charge on any atom is 0.251 e. The molecule has 122 valence electrons. The number of rotatable bonds is 5. The minimum atomic E-state index is -0.729. The van der Waals surface area contributed by atoms with E-state index < -0.39 is 6.10 Å². The van der Waals surface area contributed by atoms with Crippen LogP contribution in [0.15, 0.2) is 67.0 Å². The highest BCUT2D eigenvalue weighted by atomic mass is 32.1. The third kappa shape index (κ3) is 3.61. The van der Waals surface area contributed by atoms with Crippen LogP contribution < -0.4 is 5.32 Å². The molecule has 6 heteroatoms. The largest absolute Gasteiger partial charge is 0.387 e. The predicted molar refractivity (Wildman–Crippen MR) is 94.7 cm³/mol. The van der Waals surface area contributed by atoms with Gasteiger partial charge in [0.05, 0.1) is 6.10 Å². The number of aliphatic hydroxyl groups is 1. The number of carbonyl (C=O) groups excluding carboxylic acids is 1. The third-order valence-corrected chi connectivity index (χ3v) is 4.01. The van der Waals surface area contributed by atoms with E-state index in [0.29, 0.717) is 10.3 Å². The fraction of sp³-hybridized carbons (Fsp3) is 0.111. The fourth-order valence-electron chi connectivity index (χ4n) is 2.38. The second kappa shape index (κ2) is 7.25. The Morgan fingerprint density at radius 2 is 1.88 bits per heavy atom. The number of nitrogens with zero attached hydrogens (tertiary/aromatic N) is 1.